The zero-order chi connectivity index (χ0) is 11.1. The fourth-order valence-electron chi connectivity index (χ4n) is 1.37. The summed E-state index contributed by atoms with van der Waals surface area (Å²) in [5.74, 6) is 0.898. The van der Waals surface area contributed by atoms with E-state index in [0.717, 1.165) is 25.3 Å². The lowest BCUT2D eigenvalue weighted by Crippen LogP contribution is -2.40. The van der Waals surface area contributed by atoms with Crippen molar-refractivity contribution in [1.29, 1.82) is 0 Å². The average Bonchev–Trinajstić information content (AvgIpc) is 2.72. The summed E-state index contributed by atoms with van der Waals surface area (Å²) in [6, 6.07) is 3.75. The van der Waals surface area contributed by atoms with Gasteiger partial charge in [0, 0.05) is 26.1 Å². The van der Waals surface area contributed by atoms with Gasteiger partial charge in [-0.2, -0.15) is 0 Å². The fraction of sp³-hybridized carbons (Fsp3) is 0.545. The molecule has 1 rings (SSSR count). The number of hydrogen-bond acceptors (Lipinski definition) is 2. The normalized spacial score (nSPS) is 10.0. The molecule has 84 valence electrons. The van der Waals surface area contributed by atoms with Crippen molar-refractivity contribution in [1.82, 2.24) is 10.2 Å². The Morgan fingerprint density at radius 3 is 2.73 bits per heavy atom. The highest BCUT2D eigenvalue weighted by molar-refractivity contribution is 5.74. The molecular weight excluding hydrogens is 192 g/mol. The highest BCUT2D eigenvalue weighted by Gasteiger charge is 2.07. The van der Waals surface area contributed by atoms with E-state index in [0.29, 0.717) is 6.54 Å². The molecule has 0 bridgehead atoms. The van der Waals surface area contributed by atoms with Gasteiger partial charge in [-0.15, -0.1) is 0 Å². The molecule has 0 saturated carbocycles. The van der Waals surface area contributed by atoms with Crippen LogP contribution in [0.3, 0.4) is 0 Å². The van der Waals surface area contributed by atoms with Crippen LogP contribution in [0.15, 0.2) is 22.8 Å². The van der Waals surface area contributed by atoms with E-state index >= 15 is 0 Å². The lowest BCUT2D eigenvalue weighted by atomic mass is 10.3. The molecule has 0 radical (unpaired) electrons. The minimum atomic E-state index is -0.00782. The van der Waals surface area contributed by atoms with Gasteiger partial charge in [-0.3, -0.25) is 0 Å². The Morgan fingerprint density at radius 1 is 1.47 bits per heavy atom. The second kappa shape index (κ2) is 6.11. The lowest BCUT2D eigenvalue weighted by Gasteiger charge is -2.18. The van der Waals surface area contributed by atoms with E-state index in [1.54, 1.807) is 11.2 Å². The molecule has 1 N–H and O–H groups in total. The van der Waals surface area contributed by atoms with Crippen LogP contribution in [0.1, 0.15) is 19.6 Å². The van der Waals surface area contributed by atoms with Crippen LogP contribution in [0.25, 0.3) is 0 Å². The Hall–Kier alpha value is -1.45. The smallest absolute Gasteiger partial charge is 0.317 e. The first-order valence-corrected chi connectivity index (χ1v) is 5.33. The SMILES string of the molecule is CCN(CC)C(=O)NCCc1ccco1. The van der Waals surface area contributed by atoms with Crippen molar-refractivity contribution in [3.05, 3.63) is 24.2 Å². The number of carbonyl (C=O) groups excluding carboxylic acids is 1. The van der Waals surface area contributed by atoms with Crippen molar-refractivity contribution >= 4 is 6.03 Å². The van der Waals surface area contributed by atoms with Crippen LogP contribution in [0.4, 0.5) is 4.79 Å². The summed E-state index contributed by atoms with van der Waals surface area (Å²) >= 11 is 0. The first kappa shape index (κ1) is 11.6. The summed E-state index contributed by atoms with van der Waals surface area (Å²) in [7, 11) is 0. The summed E-state index contributed by atoms with van der Waals surface area (Å²) in [4.78, 5) is 13.3. The zero-order valence-corrected chi connectivity index (χ0v) is 9.32. The second-order valence-electron chi connectivity index (χ2n) is 3.23. The molecule has 1 heterocycles. The molecule has 0 atom stereocenters. The van der Waals surface area contributed by atoms with E-state index in [1.165, 1.54) is 0 Å². The van der Waals surface area contributed by atoms with Crippen LogP contribution in [0.5, 0.6) is 0 Å². The van der Waals surface area contributed by atoms with Gasteiger partial charge in [-0.1, -0.05) is 0 Å². The van der Waals surface area contributed by atoms with Gasteiger partial charge in [0.1, 0.15) is 5.76 Å². The van der Waals surface area contributed by atoms with Crippen molar-refractivity contribution < 1.29 is 9.21 Å². The molecular formula is C11H18N2O2. The van der Waals surface area contributed by atoms with Crippen LogP contribution in [-0.4, -0.2) is 30.6 Å². The average molecular weight is 210 g/mol. The number of nitrogens with zero attached hydrogens (tertiary/aromatic N) is 1. The molecule has 1 aromatic heterocycles. The number of hydrogen-bond donors (Lipinski definition) is 1. The molecule has 0 aliphatic carbocycles. The first-order chi connectivity index (χ1) is 7.27. The molecule has 15 heavy (non-hydrogen) atoms. The number of furan rings is 1. The Morgan fingerprint density at radius 2 is 2.20 bits per heavy atom. The summed E-state index contributed by atoms with van der Waals surface area (Å²) in [6.07, 6.45) is 2.38. The van der Waals surface area contributed by atoms with Crippen LogP contribution in [-0.2, 0) is 6.42 Å². The van der Waals surface area contributed by atoms with Crippen molar-refractivity contribution in [2.24, 2.45) is 0 Å². The Bertz CT molecular complexity index is 279. The molecule has 0 aromatic carbocycles. The van der Waals surface area contributed by atoms with Crippen LogP contribution in [0.2, 0.25) is 0 Å². The van der Waals surface area contributed by atoms with Gasteiger partial charge in [0.15, 0.2) is 0 Å². The maximum Gasteiger partial charge on any atom is 0.317 e. The number of nitrogens with one attached hydrogen (secondary N) is 1. The Labute approximate surface area is 90.3 Å². The van der Waals surface area contributed by atoms with Crippen molar-refractivity contribution in [3.8, 4) is 0 Å². The molecule has 4 nitrogen and oxygen atoms in total. The molecule has 0 spiro atoms. The molecule has 0 saturated heterocycles. The highest BCUT2D eigenvalue weighted by atomic mass is 16.3. The molecule has 2 amide bonds. The number of carbonyl (C=O) groups is 1. The number of amides is 2. The predicted octanol–water partition coefficient (Wildman–Crippen LogP) is 1.87. The fourth-order valence-corrected chi connectivity index (χ4v) is 1.37. The topological polar surface area (TPSA) is 45.5 Å². The van der Waals surface area contributed by atoms with Gasteiger partial charge in [-0.05, 0) is 26.0 Å². The van der Waals surface area contributed by atoms with Gasteiger partial charge < -0.3 is 14.6 Å². The second-order valence-corrected chi connectivity index (χ2v) is 3.23. The summed E-state index contributed by atoms with van der Waals surface area (Å²) in [5, 5.41) is 2.85. The van der Waals surface area contributed by atoms with E-state index < -0.39 is 0 Å². The van der Waals surface area contributed by atoms with Crippen LogP contribution < -0.4 is 5.32 Å². The standard InChI is InChI=1S/C11H18N2O2/c1-3-13(4-2)11(14)12-8-7-10-6-5-9-15-10/h5-6,9H,3-4,7-8H2,1-2H3,(H,12,14). The van der Waals surface area contributed by atoms with E-state index in [-0.39, 0.29) is 6.03 Å². The van der Waals surface area contributed by atoms with Crippen molar-refractivity contribution in [3.63, 3.8) is 0 Å². The maximum absolute atomic E-state index is 11.5. The summed E-state index contributed by atoms with van der Waals surface area (Å²) < 4.78 is 5.16. The molecule has 1 aromatic rings. The third kappa shape index (κ3) is 3.65. The number of rotatable bonds is 5. The molecule has 0 unspecified atom stereocenters. The van der Waals surface area contributed by atoms with Crippen LogP contribution >= 0.6 is 0 Å². The lowest BCUT2D eigenvalue weighted by molar-refractivity contribution is 0.203. The molecule has 4 heteroatoms. The molecule has 0 fully saturated rings. The van der Waals surface area contributed by atoms with Gasteiger partial charge in [0.25, 0.3) is 0 Å². The van der Waals surface area contributed by atoms with Gasteiger partial charge >= 0.3 is 6.03 Å². The highest BCUT2D eigenvalue weighted by Crippen LogP contribution is 1.99. The first-order valence-electron chi connectivity index (χ1n) is 5.33. The zero-order valence-electron chi connectivity index (χ0n) is 9.32. The molecule has 0 aliphatic rings. The predicted molar refractivity (Wildman–Crippen MR) is 58.7 cm³/mol. The summed E-state index contributed by atoms with van der Waals surface area (Å²) in [5.41, 5.74) is 0. The minimum Gasteiger partial charge on any atom is -0.469 e. The van der Waals surface area contributed by atoms with Gasteiger partial charge in [0.05, 0.1) is 6.26 Å². The van der Waals surface area contributed by atoms with E-state index in [9.17, 15) is 4.79 Å². The van der Waals surface area contributed by atoms with E-state index in [2.05, 4.69) is 5.32 Å². The van der Waals surface area contributed by atoms with Crippen LogP contribution in [0, 0.1) is 0 Å². The van der Waals surface area contributed by atoms with Gasteiger partial charge in [0.2, 0.25) is 0 Å². The maximum atomic E-state index is 11.5. The van der Waals surface area contributed by atoms with Crippen molar-refractivity contribution in [2.75, 3.05) is 19.6 Å². The minimum absolute atomic E-state index is 0.00782. The third-order valence-electron chi connectivity index (χ3n) is 2.28. The number of urea groups is 1. The summed E-state index contributed by atoms with van der Waals surface area (Å²) in [6.45, 7) is 6.03. The van der Waals surface area contributed by atoms with Crippen molar-refractivity contribution in [2.45, 2.75) is 20.3 Å². The largest absolute Gasteiger partial charge is 0.469 e. The molecule has 0 aliphatic heterocycles. The third-order valence-corrected chi connectivity index (χ3v) is 2.28. The van der Waals surface area contributed by atoms with Gasteiger partial charge in [-0.25, -0.2) is 4.79 Å². The van der Waals surface area contributed by atoms with E-state index in [1.807, 2.05) is 26.0 Å². The quantitative estimate of drug-likeness (QED) is 0.806. The van der Waals surface area contributed by atoms with E-state index in [4.69, 9.17) is 4.42 Å². The Kier molecular flexibility index (Phi) is 4.74. The monoisotopic (exact) mass is 210 g/mol. The Balaban J connectivity index is 2.22.